The lowest BCUT2D eigenvalue weighted by Crippen LogP contribution is -2.07. The number of halogens is 1. The van der Waals surface area contributed by atoms with Gasteiger partial charge in [-0.15, -0.1) is 0 Å². The standard InChI is InChI=1S/C18H21ClN2O2/c1-4-15-12(3)16(11-17(19)21-15)20-14-8-6-13(7-9-14)10-18(22)23-5-2/h6-9,11H,4-5,10H2,1-3H3,(H,20,21). The maximum Gasteiger partial charge on any atom is 0.310 e. The molecule has 23 heavy (non-hydrogen) atoms. The maximum atomic E-state index is 11.5. The number of aryl methyl sites for hydroxylation is 1. The van der Waals surface area contributed by atoms with Gasteiger partial charge in [0.25, 0.3) is 0 Å². The van der Waals surface area contributed by atoms with Crippen LogP contribution in [0.25, 0.3) is 0 Å². The highest BCUT2D eigenvalue weighted by Gasteiger charge is 2.08. The Morgan fingerprint density at radius 1 is 1.26 bits per heavy atom. The van der Waals surface area contributed by atoms with Gasteiger partial charge in [0.1, 0.15) is 5.15 Å². The van der Waals surface area contributed by atoms with Gasteiger partial charge in [-0.2, -0.15) is 0 Å². The number of rotatable bonds is 6. The van der Waals surface area contributed by atoms with Crippen LogP contribution in [0.4, 0.5) is 11.4 Å². The first-order valence-corrected chi connectivity index (χ1v) is 8.08. The van der Waals surface area contributed by atoms with Gasteiger partial charge in [-0.3, -0.25) is 4.79 Å². The number of nitrogens with zero attached hydrogens (tertiary/aromatic N) is 1. The Labute approximate surface area is 141 Å². The van der Waals surface area contributed by atoms with Gasteiger partial charge in [-0.1, -0.05) is 30.7 Å². The lowest BCUT2D eigenvalue weighted by Gasteiger charge is -2.13. The number of carbonyl (C=O) groups is 1. The second-order valence-corrected chi connectivity index (χ2v) is 5.61. The van der Waals surface area contributed by atoms with Gasteiger partial charge in [0, 0.05) is 17.1 Å². The van der Waals surface area contributed by atoms with E-state index in [1.807, 2.05) is 37.3 Å². The van der Waals surface area contributed by atoms with E-state index in [2.05, 4.69) is 17.2 Å². The van der Waals surface area contributed by atoms with Crippen LogP contribution in [-0.2, 0) is 22.4 Å². The zero-order valence-electron chi connectivity index (χ0n) is 13.6. The first-order chi connectivity index (χ1) is 11.0. The summed E-state index contributed by atoms with van der Waals surface area (Å²) in [6, 6.07) is 9.53. The lowest BCUT2D eigenvalue weighted by molar-refractivity contribution is -0.142. The molecule has 2 aromatic rings. The molecular weight excluding hydrogens is 312 g/mol. The largest absolute Gasteiger partial charge is 0.466 e. The summed E-state index contributed by atoms with van der Waals surface area (Å²) in [6.07, 6.45) is 1.12. The highest BCUT2D eigenvalue weighted by molar-refractivity contribution is 6.29. The second kappa shape index (κ2) is 7.97. The summed E-state index contributed by atoms with van der Waals surface area (Å²) < 4.78 is 4.95. The molecule has 0 amide bonds. The normalized spacial score (nSPS) is 10.4. The summed E-state index contributed by atoms with van der Waals surface area (Å²) in [7, 11) is 0. The Balaban J connectivity index is 2.12. The molecule has 0 saturated heterocycles. The predicted molar refractivity (Wildman–Crippen MR) is 93.4 cm³/mol. The van der Waals surface area contributed by atoms with E-state index in [4.69, 9.17) is 16.3 Å². The van der Waals surface area contributed by atoms with Crippen molar-refractivity contribution in [3.8, 4) is 0 Å². The lowest BCUT2D eigenvalue weighted by atomic mass is 10.1. The van der Waals surface area contributed by atoms with Gasteiger partial charge in [0.05, 0.1) is 13.0 Å². The predicted octanol–water partition coefficient (Wildman–Crippen LogP) is 4.46. The van der Waals surface area contributed by atoms with Gasteiger partial charge in [0.2, 0.25) is 0 Å². The van der Waals surface area contributed by atoms with Gasteiger partial charge in [-0.05, 0) is 49.6 Å². The number of hydrogen-bond donors (Lipinski definition) is 1. The van der Waals surface area contributed by atoms with Crippen LogP contribution in [0.2, 0.25) is 5.15 Å². The highest BCUT2D eigenvalue weighted by atomic mass is 35.5. The molecule has 1 N–H and O–H groups in total. The van der Waals surface area contributed by atoms with Crippen LogP contribution >= 0.6 is 11.6 Å². The fraction of sp³-hybridized carbons (Fsp3) is 0.333. The second-order valence-electron chi connectivity index (χ2n) is 5.22. The molecule has 0 saturated carbocycles. The first-order valence-electron chi connectivity index (χ1n) is 7.71. The van der Waals surface area contributed by atoms with E-state index < -0.39 is 0 Å². The van der Waals surface area contributed by atoms with Crippen molar-refractivity contribution >= 4 is 28.9 Å². The summed E-state index contributed by atoms with van der Waals surface area (Å²) in [6.45, 7) is 6.29. The number of ether oxygens (including phenoxy) is 1. The summed E-state index contributed by atoms with van der Waals surface area (Å²) in [5.41, 5.74) is 4.88. The smallest absolute Gasteiger partial charge is 0.310 e. The van der Waals surface area contributed by atoms with Gasteiger partial charge in [0.15, 0.2) is 0 Å². The van der Waals surface area contributed by atoms with Crippen molar-refractivity contribution in [3.63, 3.8) is 0 Å². The number of esters is 1. The van der Waals surface area contributed by atoms with Crippen molar-refractivity contribution in [1.82, 2.24) is 4.98 Å². The Bertz CT molecular complexity index is 684. The molecule has 4 nitrogen and oxygen atoms in total. The fourth-order valence-corrected chi connectivity index (χ4v) is 2.55. The molecule has 2 rings (SSSR count). The van der Waals surface area contributed by atoms with Crippen LogP contribution < -0.4 is 5.32 Å². The van der Waals surface area contributed by atoms with E-state index in [0.29, 0.717) is 11.8 Å². The molecule has 1 heterocycles. The molecule has 0 bridgehead atoms. The monoisotopic (exact) mass is 332 g/mol. The maximum absolute atomic E-state index is 11.5. The molecule has 0 fully saturated rings. The number of pyridine rings is 1. The molecule has 0 aliphatic heterocycles. The van der Waals surface area contributed by atoms with Crippen molar-refractivity contribution < 1.29 is 9.53 Å². The van der Waals surface area contributed by atoms with E-state index in [-0.39, 0.29) is 12.4 Å². The third kappa shape index (κ3) is 4.70. The van der Waals surface area contributed by atoms with Crippen molar-refractivity contribution in [2.24, 2.45) is 0 Å². The third-order valence-corrected chi connectivity index (χ3v) is 3.76. The zero-order valence-corrected chi connectivity index (χ0v) is 14.4. The van der Waals surface area contributed by atoms with Crippen LogP contribution in [0.1, 0.15) is 30.7 Å². The highest BCUT2D eigenvalue weighted by Crippen LogP contribution is 2.26. The third-order valence-electron chi connectivity index (χ3n) is 3.56. The Morgan fingerprint density at radius 3 is 2.57 bits per heavy atom. The fourth-order valence-electron chi connectivity index (χ4n) is 2.34. The number of hydrogen-bond acceptors (Lipinski definition) is 4. The molecule has 1 aromatic heterocycles. The molecular formula is C18H21ClN2O2. The molecule has 0 aliphatic rings. The van der Waals surface area contributed by atoms with Gasteiger partial charge < -0.3 is 10.1 Å². The molecule has 0 radical (unpaired) electrons. The molecule has 122 valence electrons. The van der Waals surface area contributed by atoms with Crippen molar-refractivity contribution in [2.75, 3.05) is 11.9 Å². The van der Waals surface area contributed by atoms with Crippen LogP contribution in [0, 0.1) is 6.92 Å². The SMILES string of the molecule is CCOC(=O)Cc1ccc(Nc2cc(Cl)nc(CC)c2C)cc1. The molecule has 0 spiro atoms. The van der Waals surface area contributed by atoms with Gasteiger partial charge >= 0.3 is 5.97 Å². The summed E-state index contributed by atoms with van der Waals surface area (Å²) >= 11 is 6.08. The number of benzene rings is 1. The van der Waals surface area contributed by atoms with Crippen LogP contribution in [0.5, 0.6) is 0 Å². The molecule has 1 aromatic carbocycles. The number of anilines is 2. The number of carbonyl (C=O) groups excluding carboxylic acids is 1. The van der Waals surface area contributed by atoms with E-state index in [1.165, 1.54) is 0 Å². The van der Waals surface area contributed by atoms with Crippen LogP contribution in [-0.4, -0.2) is 17.6 Å². The first kappa shape index (κ1) is 17.3. The van der Waals surface area contributed by atoms with E-state index in [9.17, 15) is 4.79 Å². The Kier molecular flexibility index (Phi) is 5.99. The van der Waals surface area contributed by atoms with E-state index >= 15 is 0 Å². The quantitative estimate of drug-likeness (QED) is 0.627. The zero-order chi connectivity index (χ0) is 16.8. The van der Waals surface area contributed by atoms with Gasteiger partial charge in [-0.25, -0.2) is 4.98 Å². The number of aromatic nitrogens is 1. The number of nitrogens with one attached hydrogen (secondary N) is 1. The van der Waals surface area contributed by atoms with Crippen LogP contribution in [0.3, 0.4) is 0 Å². The van der Waals surface area contributed by atoms with Crippen molar-refractivity contribution in [3.05, 3.63) is 52.3 Å². The molecule has 0 unspecified atom stereocenters. The topological polar surface area (TPSA) is 51.2 Å². The van der Waals surface area contributed by atoms with Crippen molar-refractivity contribution in [1.29, 1.82) is 0 Å². The average molecular weight is 333 g/mol. The summed E-state index contributed by atoms with van der Waals surface area (Å²) in [5, 5.41) is 3.83. The molecule has 0 aliphatic carbocycles. The van der Waals surface area contributed by atoms with Crippen LogP contribution in [0.15, 0.2) is 30.3 Å². The Morgan fingerprint density at radius 2 is 1.96 bits per heavy atom. The van der Waals surface area contributed by atoms with E-state index in [1.54, 1.807) is 6.92 Å². The Hall–Kier alpha value is -2.07. The minimum atomic E-state index is -0.211. The minimum absolute atomic E-state index is 0.211. The summed E-state index contributed by atoms with van der Waals surface area (Å²) in [5.74, 6) is -0.211. The molecule has 5 heteroatoms. The molecule has 0 atom stereocenters. The summed E-state index contributed by atoms with van der Waals surface area (Å²) in [4.78, 5) is 15.8. The minimum Gasteiger partial charge on any atom is -0.466 e. The van der Waals surface area contributed by atoms with Crippen molar-refractivity contribution in [2.45, 2.75) is 33.6 Å². The van der Waals surface area contributed by atoms with E-state index in [0.717, 1.165) is 34.6 Å². The average Bonchev–Trinajstić information content (AvgIpc) is 2.52.